The number of alkyl halides is 3. The van der Waals surface area contributed by atoms with Gasteiger partial charge in [-0.05, 0) is 41.7 Å². The van der Waals surface area contributed by atoms with Crippen LogP contribution >= 0.6 is 0 Å². The van der Waals surface area contributed by atoms with Crippen molar-refractivity contribution in [2.45, 2.75) is 39.0 Å². The molecule has 0 bridgehead atoms. The molecule has 0 atom stereocenters. The highest BCUT2D eigenvalue weighted by Gasteiger charge is 2.30. The third kappa shape index (κ3) is 6.49. The molecule has 0 aliphatic heterocycles. The number of halogens is 3. The topological polar surface area (TPSA) is 9.23 Å². The van der Waals surface area contributed by atoms with Crippen LogP contribution in [-0.4, -0.2) is 6.36 Å². The first-order valence-electron chi connectivity index (χ1n) is 8.09. The summed E-state index contributed by atoms with van der Waals surface area (Å²) >= 11 is 0. The first-order chi connectivity index (χ1) is 11.5. The van der Waals surface area contributed by atoms with Crippen molar-refractivity contribution in [2.75, 3.05) is 0 Å². The van der Waals surface area contributed by atoms with Gasteiger partial charge < -0.3 is 4.74 Å². The molecule has 0 amide bonds. The molecule has 0 unspecified atom stereocenters. The van der Waals surface area contributed by atoms with Crippen LogP contribution in [0.4, 0.5) is 13.2 Å². The van der Waals surface area contributed by atoms with Crippen LogP contribution in [0.3, 0.4) is 0 Å². The second-order valence-electron chi connectivity index (χ2n) is 5.65. The Bertz CT molecular complexity index is 640. The maximum atomic E-state index is 12.1. The predicted molar refractivity (Wildman–Crippen MR) is 91.7 cm³/mol. The van der Waals surface area contributed by atoms with Gasteiger partial charge in [-0.25, -0.2) is 0 Å². The van der Waals surface area contributed by atoms with E-state index in [0.29, 0.717) is 0 Å². The van der Waals surface area contributed by atoms with Crippen LogP contribution in [0.15, 0.2) is 48.5 Å². The molecule has 4 heteroatoms. The Labute approximate surface area is 140 Å². The lowest BCUT2D eigenvalue weighted by Crippen LogP contribution is -2.16. The highest BCUT2D eigenvalue weighted by atomic mass is 19.4. The lowest BCUT2D eigenvalue weighted by Gasteiger charge is -2.08. The Hall–Kier alpha value is -2.23. The molecule has 2 rings (SSSR count). The zero-order valence-corrected chi connectivity index (χ0v) is 13.6. The maximum Gasteiger partial charge on any atom is 0.573 e. The summed E-state index contributed by atoms with van der Waals surface area (Å²) in [7, 11) is 0. The molecule has 24 heavy (non-hydrogen) atoms. The molecular formula is C20H21F3O. The number of hydrogen-bond donors (Lipinski definition) is 0. The summed E-state index contributed by atoms with van der Waals surface area (Å²) in [5.74, 6) is -0.212. The number of aryl methyl sites for hydroxylation is 1. The van der Waals surface area contributed by atoms with Crippen LogP contribution in [0.1, 0.15) is 42.9 Å². The Morgan fingerprint density at radius 2 is 1.38 bits per heavy atom. The second kappa shape index (κ2) is 8.57. The Balaban J connectivity index is 1.93. The second-order valence-corrected chi connectivity index (χ2v) is 5.65. The number of rotatable bonds is 7. The van der Waals surface area contributed by atoms with E-state index in [1.54, 1.807) is 12.1 Å². The molecule has 0 N–H and O–H groups in total. The van der Waals surface area contributed by atoms with Crippen molar-refractivity contribution >= 4 is 12.2 Å². The highest BCUT2D eigenvalue weighted by Crippen LogP contribution is 2.23. The van der Waals surface area contributed by atoms with Gasteiger partial charge in [0.05, 0.1) is 0 Å². The number of hydrogen-bond acceptors (Lipinski definition) is 1. The van der Waals surface area contributed by atoms with E-state index in [9.17, 15) is 13.2 Å². The van der Waals surface area contributed by atoms with Crippen molar-refractivity contribution in [3.8, 4) is 5.75 Å². The van der Waals surface area contributed by atoms with Crippen LogP contribution < -0.4 is 4.74 Å². The minimum absolute atomic E-state index is 0.212. The average molecular weight is 334 g/mol. The van der Waals surface area contributed by atoms with Gasteiger partial charge in [0.15, 0.2) is 0 Å². The van der Waals surface area contributed by atoms with Gasteiger partial charge in [0.2, 0.25) is 0 Å². The third-order valence-electron chi connectivity index (χ3n) is 3.63. The summed E-state index contributed by atoms with van der Waals surface area (Å²) in [5.41, 5.74) is 3.20. The van der Waals surface area contributed by atoms with Crippen molar-refractivity contribution in [1.29, 1.82) is 0 Å². The summed E-state index contributed by atoms with van der Waals surface area (Å²) in [6, 6.07) is 14.2. The predicted octanol–water partition coefficient (Wildman–Crippen LogP) is 6.49. The van der Waals surface area contributed by atoms with Crippen molar-refractivity contribution in [2.24, 2.45) is 0 Å². The minimum Gasteiger partial charge on any atom is -0.406 e. The molecule has 0 aliphatic rings. The smallest absolute Gasteiger partial charge is 0.406 e. The van der Waals surface area contributed by atoms with Gasteiger partial charge in [0.1, 0.15) is 5.75 Å². The largest absolute Gasteiger partial charge is 0.573 e. The van der Waals surface area contributed by atoms with Gasteiger partial charge in [-0.3, -0.25) is 0 Å². The third-order valence-corrected chi connectivity index (χ3v) is 3.63. The van der Waals surface area contributed by atoms with E-state index in [1.807, 2.05) is 12.2 Å². The summed E-state index contributed by atoms with van der Waals surface area (Å²) in [5, 5.41) is 0. The normalized spacial score (nSPS) is 11.8. The molecule has 128 valence electrons. The molecule has 0 aliphatic carbocycles. The van der Waals surface area contributed by atoms with Crippen molar-refractivity contribution in [3.63, 3.8) is 0 Å². The minimum atomic E-state index is -4.66. The van der Waals surface area contributed by atoms with Crippen LogP contribution in [0.25, 0.3) is 12.2 Å². The van der Waals surface area contributed by atoms with Crippen LogP contribution in [0, 0.1) is 0 Å². The van der Waals surface area contributed by atoms with Gasteiger partial charge >= 0.3 is 6.36 Å². The average Bonchev–Trinajstić information content (AvgIpc) is 2.54. The van der Waals surface area contributed by atoms with E-state index >= 15 is 0 Å². The fourth-order valence-corrected chi connectivity index (χ4v) is 2.35. The maximum absolute atomic E-state index is 12.1. The quantitative estimate of drug-likeness (QED) is 0.415. The summed E-state index contributed by atoms with van der Waals surface area (Å²) in [6.07, 6.45) is 3.91. The number of benzene rings is 2. The first kappa shape index (κ1) is 18.1. The van der Waals surface area contributed by atoms with E-state index in [2.05, 4.69) is 35.9 Å². The van der Waals surface area contributed by atoms with Gasteiger partial charge in [-0.1, -0.05) is 68.3 Å². The lowest BCUT2D eigenvalue weighted by atomic mass is 10.0. The fraction of sp³-hybridized carbons (Fsp3) is 0.300. The van der Waals surface area contributed by atoms with Crippen LogP contribution in [0.5, 0.6) is 5.75 Å². The van der Waals surface area contributed by atoms with Crippen molar-refractivity contribution in [3.05, 3.63) is 65.2 Å². The zero-order chi connectivity index (χ0) is 17.4. The Morgan fingerprint density at radius 3 is 1.88 bits per heavy atom. The summed E-state index contributed by atoms with van der Waals surface area (Å²) in [6.45, 7) is 2.19. The molecule has 0 saturated heterocycles. The Kier molecular flexibility index (Phi) is 6.47. The molecule has 0 aromatic heterocycles. The monoisotopic (exact) mass is 334 g/mol. The highest BCUT2D eigenvalue weighted by molar-refractivity contribution is 5.69. The molecule has 2 aromatic rings. The van der Waals surface area contributed by atoms with Gasteiger partial charge in [0.25, 0.3) is 0 Å². The van der Waals surface area contributed by atoms with E-state index in [4.69, 9.17) is 0 Å². The molecule has 0 fully saturated rings. The fourth-order valence-electron chi connectivity index (χ4n) is 2.35. The van der Waals surface area contributed by atoms with Crippen molar-refractivity contribution < 1.29 is 17.9 Å². The Morgan fingerprint density at radius 1 is 0.833 bits per heavy atom. The molecular weight excluding hydrogens is 313 g/mol. The SMILES string of the molecule is CCCCCc1ccc(/C=C/c2ccc(OC(F)(F)F)cc2)cc1. The molecule has 0 heterocycles. The van der Waals surface area contributed by atoms with E-state index < -0.39 is 6.36 Å². The first-order valence-corrected chi connectivity index (χ1v) is 8.09. The molecule has 0 saturated carbocycles. The van der Waals surface area contributed by atoms with E-state index in [1.165, 1.54) is 37.0 Å². The number of ether oxygens (including phenoxy) is 1. The zero-order valence-electron chi connectivity index (χ0n) is 13.6. The van der Waals surface area contributed by atoms with Gasteiger partial charge in [-0.15, -0.1) is 13.2 Å². The van der Waals surface area contributed by atoms with E-state index in [0.717, 1.165) is 17.5 Å². The van der Waals surface area contributed by atoms with Crippen LogP contribution in [-0.2, 0) is 6.42 Å². The standard InChI is InChI=1S/C20H21F3O/c1-2-3-4-5-16-6-8-17(9-7-16)10-11-18-12-14-19(15-13-18)24-20(21,22)23/h6-15H,2-5H2,1H3/b11-10+. The van der Waals surface area contributed by atoms with Crippen molar-refractivity contribution in [1.82, 2.24) is 0 Å². The van der Waals surface area contributed by atoms with Crippen LogP contribution in [0.2, 0.25) is 0 Å². The summed E-state index contributed by atoms with van der Waals surface area (Å²) < 4.78 is 40.2. The summed E-state index contributed by atoms with van der Waals surface area (Å²) in [4.78, 5) is 0. The molecule has 0 radical (unpaired) electrons. The number of unbranched alkanes of at least 4 members (excludes halogenated alkanes) is 2. The van der Waals surface area contributed by atoms with E-state index in [-0.39, 0.29) is 5.75 Å². The molecule has 0 spiro atoms. The molecule has 2 aromatic carbocycles. The van der Waals surface area contributed by atoms with Gasteiger partial charge in [0, 0.05) is 0 Å². The molecule has 1 nitrogen and oxygen atoms in total. The van der Waals surface area contributed by atoms with Gasteiger partial charge in [-0.2, -0.15) is 0 Å². The lowest BCUT2D eigenvalue weighted by molar-refractivity contribution is -0.274.